The maximum Gasteiger partial charge on any atom is 0.190 e. The average Bonchev–Trinajstić information content (AvgIpc) is 3.27. The third-order valence-electron chi connectivity index (χ3n) is 4.48. The van der Waals surface area contributed by atoms with Crippen LogP contribution in [0.4, 0.5) is 0 Å². The molecule has 0 amide bonds. The van der Waals surface area contributed by atoms with Gasteiger partial charge in [0.2, 0.25) is 0 Å². The first-order valence-electron chi connectivity index (χ1n) is 7.98. The number of halogens is 1. The number of nitrogens with one attached hydrogen (secondary N) is 2. The van der Waals surface area contributed by atoms with Crippen LogP contribution in [-0.2, 0) is 0 Å². The summed E-state index contributed by atoms with van der Waals surface area (Å²) in [5, 5.41) is 6.87. The quantitative estimate of drug-likeness (QED) is 0.413. The number of piperidine rings is 1. The molecule has 1 aliphatic carbocycles. The predicted octanol–water partition coefficient (Wildman–Crippen LogP) is 2.30. The highest BCUT2D eigenvalue weighted by Crippen LogP contribution is 2.27. The maximum absolute atomic E-state index is 4.28. The second kappa shape index (κ2) is 9.82. The first-order chi connectivity index (χ1) is 9.31. The van der Waals surface area contributed by atoms with Gasteiger partial charge in [0.25, 0.3) is 0 Å². The van der Waals surface area contributed by atoms with Crippen LogP contribution in [0.2, 0.25) is 0 Å². The SMILES string of the molecule is CCN1CCC(CCNC(=NC)NCC2CC2)CC1.I. The fraction of sp³-hybridized carbons (Fsp3) is 0.933. The van der Waals surface area contributed by atoms with E-state index >= 15 is 0 Å². The second-order valence-corrected chi connectivity index (χ2v) is 5.99. The molecule has 0 aromatic carbocycles. The molecule has 1 heterocycles. The third kappa shape index (κ3) is 6.61. The van der Waals surface area contributed by atoms with Crippen molar-refractivity contribution >= 4 is 29.9 Å². The summed E-state index contributed by atoms with van der Waals surface area (Å²) in [7, 11) is 1.86. The number of aliphatic imine (C=N–C) groups is 1. The van der Waals surface area contributed by atoms with Crippen molar-refractivity contribution in [1.82, 2.24) is 15.5 Å². The highest BCUT2D eigenvalue weighted by Gasteiger charge is 2.21. The molecule has 2 rings (SSSR count). The molecule has 2 aliphatic rings. The fourth-order valence-corrected chi connectivity index (χ4v) is 2.77. The minimum atomic E-state index is 0. The molecule has 0 unspecified atom stereocenters. The molecule has 20 heavy (non-hydrogen) atoms. The number of hydrogen-bond acceptors (Lipinski definition) is 2. The van der Waals surface area contributed by atoms with Gasteiger partial charge in [-0.15, -0.1) is 24.0 Å². The lowest BCUT2D eigenvalue weighted by atomic mass is 9.93. The monoisotopic (exact) mass is 394 g/mol. The molecular weight excluding hydrogens is 363 g/mol. The van der Waals surface area contributed by atoms with Crippen molar-refractivity contribution in [3.05, 3.63) is 0 Å². The topological polar surface area (TPSA) is 39.7 Å². The van der Waals surface area contributed by atoms with Gasteiger partial charge in [-0.05, 0) is 63.6 Å². The molecule has 0 radical (unpaired) electrons. The molecule has 2 fully saturated rings. The van der Waals surface area contributed by atoms with E-state index in [1.165, 1.54) is 51.7 Å². The molecule has 118 valence electrons. The highest BCUT2D eigenvalue weighted by atomic mass is 127. The normalized spacial score (nSPS) is 21.4. The van der Waals surface area contributed by atoms with Crippen molar-refractivity contribution < 1.29 is 0 Å². The van der Waals surface area contributed by atoms with E-state index < -0.39 is 0 Å². The van der Waals surface area contributed by atoms with Gasteiger partial charge in [0.15, 0.2) is 5.96 Å². The summed E-state index contributed by atoms with van der Waals surface area (Å²) in [5.41, 5.74) is 0. The van der Waals surface area contributed by atoms with E-state index in [-0.39, 0.29) is 24.0 Å². The molecule has 0 aromatic rings. The van der Waals surface area contributed by atoms with Crippen LogP contribution in [0.3, 0.4) is 0 Å². The van der Waals surface area contributed by atoms with Crippen LogP contribution >= 0.6 is 24.0 Å². The summed E-state index contributed by atoms with van der Waals surface area (Å²) in [5.74, 6) is 2.78. The van der Waals surface area contributed by atoms with Gasteiger partial charge >= 0.3 is 0 Å². The van der Waals surface area contributed by atoms with Crippen LogP contribution in [0.15, 0.2) is 4.99 Å². The summed E-state index contributed by atoms with van der Waals surface area (Å²) in [6.07, 6.45) is 6.79. The predicted molar refractivity (Wildman–Crippen MR) is 97.0 cm³/mol. The van der Waals surface area contributed by atoms with Crippen molar-refractivity contribution in [3.63, 3.8) is 0 Å². The zero-order valence-corrected chi connectivity index (χ0v) is 15.4. The van der Waals surface area contributed by atoms with Crippen LogP contribution in [0, 0.1) is 11.8 Å². The zero-order valence-electron chi connectivity index (χ0n) is 13.0. The molecule has 0 aromatic heterocycles. The fourth-order valence-electron chi connectivity index (χ4n) is 2.77. The number of guanidine groups is 1. The Labute approximate surface area is 141 Å². The van der Waals surface area contributed by atoms with Gasteiger partial charge < -0.3 is 15.5 Å². The van der Waals surface area contributed by atoms with Gasteiger partial charge in [-0.3, -0.25) is 4.99 Å². The van der Waals surface area contributed by atoms with Crippen LogP contribution < -0.4 is 10.6 Å². The summed E-state index contributed by atoms with van der Waals surface area (Å²) >= 11 is 0. The molecular formula is C15H31IN4. The van der Waals surface area contributed by atoms with Gasteiger partial charge in [-0.1, -0.05) is 6.92 Å². The Kier molecular flexibility index (Phi) is 8.84. The van der Waals surface area contributed by atoms with E-state index in [0.717, 1.165) is 30.9 Å². The Bertz CT molecular complexity index is 284. The number of hydrogen-bond donors (Lipinski definition) is 2. The van der Waals surface area contributed by atoms with Crippen molar-refractivity contribution in [2.24, 2.45) is 16.8 Å². The molecule has 2 N–H and O–H groups in total. The Morgan fingerprint density at radius 3 is 2.35 bits per heavy atom. The minimum Gasteiger partial charge on any atom is -0.356 e. The van der Waals surface area contributed by atoms with Gasteiger partial charge in [-0.2, -0.15) is 0 Å². The van der Waals surface area contributed by atoms with E-state index in [4.69, 9.17) is 0 Å². The van der Waals surface area contributed by atoms with E-state index in [2.05, 4.69) is 27.4 Å². The summed E-state index contributed by atoms with van der Waals surface area (Å²) in [6.45, 7) is 8.20. The Balaban J connectivity index is 0.00000200. The van der Waals surface area contributed by atoms with Gasteiger partial charge in [-0.25, -0.2) is 0 Å². The van der Waals surface area contributed by atoms with Crippen molar-refractivity contribution in [3.8, 4) is 0 Å². The molecule has 1 aliphatic heterocycles. The number of rotatable bonds is 6. The summed E-state index contributed by atoms with van der Waals surface area (Å²) in [4.78, 5) is 6.84. The standard InChI is InChI=1S/C15H30N4.HI/c1-3-19-10-7-13(8-11-19)6-9-17-15(16-2)18-12-14-4-5-14;/h13-14H,3-12H2,1-2H3,(H2,16,17,18);1H. The smallest absolute Gasteiger partial charge is 0.190 e. The molecule has 0 bridgehead atoms. The van der Waals surface area contributed by atoms with Crippen LogP contribution in [0.1, 0.15) is 39.0 Å². The third-order valence-corrected chi connectivity index (χ3v) is 4.48. The first kappa shape index (κ1) is 18.0. The van der Waals surface area contributed by atoms with E-state index in [1.807, 2.05) is 7.05 Å². The van der Waals surface area contributed by atoms with E-state index in [1.54, 1.807) is 0 Å². The highest BCUT2D eigenvalue weighted by molar-refractivity contribution is 14.0. The lowest BCUT2D eigenvalue weighted by Gasteiger charge is -2.31. The molecule has 1 saturated heterocycles. The zero-order chi connectivity index (χ0) is 13.5. The van der Waals surface area contributed by atoms with Crippen LogP contribution in [-0.4, -0.2) is 50.6 Å². The lowest BCUT2D eigenvalue weighted by Crippen LogP contribution is -2.40. The Morgan fingerprint density at radius 1 is 1.10 bits per heavy atom. The summed E-state index contributed by atoms with van der Waals surface area (Å²) < 4.78 is 0. The largest absolute Gasteiger partial charge is 0.356 e. The lowest BCUT2D eigenvalue weighted by molar-refractivity contribution is 0.187. The molecule has 4 nitrogen and oxygen atoms in total. The van der Waals surface area contributed by atoms with Crippen molar-refractivity contribution in [1.29, 1.82) is 0 Å². The summed E-state index contributed by atoms with van der Waals surface area (Å²) in [6, 6.07) is 0. The Hall–Kier alpha value is -0.0400. The number of likely N-dealkylation sites (tertiary alicyclic amines) is 1. The molecule has 5 heteroatoms. The minimum absolute atomic E-state index is 0. The average molecular weight is 394 g/mol. The molecule has 0 atom stereocenters. The van der Waals surface area contributed by atoms with Gasteiger partial charge in [0, 0.05) is 20.1 Å². The van der Waals surface area contributed by atoms with Crippen molar-refractivity contribution in [2.45, 2.75) is 39.0 Å². The maximum atomic E-state index is 4.28. The molecule has 0 spiro atoms. The van der Waals surface area contributed by atoms with Gasteiger partial charge in [0.1, 0.15) is 0 Å². The van der Waals surface area contributed by atoms with Gasteiger partial charge in [0.05, 0.1) is 0 Å². The van der Waals surface area contributed by atoms with E-state index in [9.17, 15) is 0 Å². The Morgan fingerprint density at radius 2 is 1.80 bits per heavy atom. The second-order valence-electron chi connectivity index (χ2n) is 5.99. The van der Waals surface area contributed by atoms with Crippen LogP contribution in [0.5, 0.6) is 0 Å². The van der Waals surface area contributed by atoms with Crippen LogP contribution in [0.25, 0.3) is 0 Å². The number of nitrogens with zero attached hydrogens (tertiary/aromatic N) is 2. The van der Waals surface area contributed by atoms with Crippen molar-refractivity contribution in [2.75, 3.05) is 39.8 Å². The van der Waals surface area contributed by atoms with E-state index in [0.29, 0.717) is 0 Å². The first-order valence-corrected chi connectivity index (χ1v) is 7.98. The molecule has 1 saturated carbocycles.